The second-order valence-electron chi connectivity index (χ2n) is 6.35. The van der Waals surface area contributed by atoms with E-state index >= 15 is 0 Å². The molecule has 7 heteroatoms. The van der Waals surface area contributed by atoms with Crippen molar-refractivity contribution in [3.8, 4) is 0 Å². The van der Waals surface area contributed by atoms with Gasteiger partial charge in [-0.05, 0) is 31.0 Å². The van der Waals surface area contributed by atoms with Gasteiger partial charge in [0, 0.05) is 19.6 Å². The number of anilines is 2. The third kappa shape index (κ3) is 2.64. The quantitative estimate of drug-likeness (QED) is 0.913. The van der Waals surface area contributed by atoms with Crippen LogP contribution in [0.2, 0.25) is 0 Å². The largest absolute Gasteiger partial charge is 0.443 e. The summed E-state index contributed by atoms with van der Waals surface area (Å²) in [5.41, 5.74) is 6.59. The molecular weight excluding hydrogens is 301 g/mol. The molecule has 0 spiro atoms. The second kappa shape index (κ2) is 5.65. The molecule has 4 rings (SSSR count). The van der Waals surface area contributed by atoms with Crippen molar-refractivity contribution < 1.29 is 18.7 Å². The molecule has 3 aliphatic rings. The second-order valence-corrected chi connectivity index (χ2v) is 6.35. The number of carbonyl (C=O) groups is 1. The van der Waals surface area contributed by atoms with Crippen LogP contribution < -0.4 is 15.5 Å². The zero-order chi connectivity index (χ0) is 16.0. The molecule has 2 bridgehead atoms. The van der Waals surface area contributed by atoms with E-state index in [1.165, 1.54) is 11.0 Å². The van der Waals surface area contributed by atoms with Gasteiger partial charge in [-0.2, -0.15) is 0 Å². The minimum Gasteiger partial charge on any atom is -0.443 e. The van der Waals surface area contributed by atoms with Gasteiger partial charge in [-0.3, -0.25) is 4.90 Å². The van der Waals surface area contributed by atoms with E-state index < -0.39 is 6.09 Å². The Hall–Kier alpha value is -1.86. The minimum atomic E-state index is -0.475. The van der Waals surface area contributed by atoms with Crippen molar-refractivity contribution in [1.29, 1.82) is 0 Å². The molecule has 1 aromatic rings. The molecule has 2 N–H and O–H groups in total. The predicted molar refractivity (Wildman–Crippen MR) is 83.2 cm³/mol. The average molecular weight is 321 g/mol. The molecule has 3 heterocycles. The van der Waals surface area contributed by atoms with E-state index in [1.807, 2.05) is 4.90 Å². The normalized spacial score (nSPS) is 30.0. The highest BCUT2D eigenvalue weighted by Gasteiger charge is 2.35. The number of halogens is 1. The van der Waals surface area contributed by atoms with E-state index in [-0.39, 0.29) is 30.7 Å². The van der Waals surface area contributed by atoms with E-state index in [2.05, 4.69) is 0 Å². The summed E-state index contributed by atoms with van der Waals surface area (Å²) in [6.45, 7) is 2.05. The number of rotatable bonds is 3. The average Bonchev–Trinajstić information content (AvgIpc) is 3.09. The standard InChI is InChI=1S/C16H20FN3O3/c17-14-5-10(20-9-13(6-18)23-16(20)21)1-4-15(14)19-7-11-2-3-12(8-19)22-11/h1,4-5,11-13H,2-3,6-9,18H2/t11?,12?,13-/m0/s1. The fourth-order valence-corrected chi connectivity index (χ4v) is 3.59. The van der Waals surface area contributed by atoms with Crippen LogP contribution in [0.4, 0.5) is 20.6 Å². The van der Waals surface area contributed by atoms with Crippen molar-refractivity contribution >= 4 is 17.5 Å². The number of nitrogens with zero attached hydrogens (tertiary/aromatic N) is 2. The van der Waals surface area contributed by atoms with Crippen LogP contribution in [-0.2, 0) is 9.47 Å². The summed E-state index contributed by atoms with van der Waals surface area (Å²) in [5, 5.41) is 0. The van der Waals surface area contributed by atoms with E-state index in [0.717, 1.165) is 12.8 Å². The molecule has 3 aliphatic heterocycles. The molecule has 3 fully saturated rings. The zero-order valence-corrected chi connectivity index (χ0v) is 12.8. The first-order valence-electron chi connectivity index (χ1n) is 8.02. The van der Waals surface area contributed by atoms with Gasteiger partial charge in [-0.25, -0.2) is 9.18 Å². The number of fused-ring (bicyclic) bond motifs is 2. The number of benzene rings is 1. The fraction of sp³-hybridized carbons (Fsp3) is 0.562. The number of ether oxygens (including phenoxy) is 2. The molecule has 2 unspecified atom stereocenters. The lowest BCUT2D eigenvalue weighted by Gasteiger charge is -2.34. The molecule has 1 amide bonds. The molecule has 23 heavy (non-hydrogen) atoms. The van der Waals surface area contributed by atoms with Gasteiger partial charge in [0.2, 0.25) is 0 Å². The number of hydrogen-bond donors (Lipinski definition) is 1. The van der Waals surface area contributed by atoms with Crippen molar-refractivity contribution in [2.75, 3.05) is 36.0 Å². The van der Waals surface area contributed by atoms with Crippen molar-refractivity contribution in [3.05, 3.63) is 24.0 Å². The van der Waals surface area contributed by atoms with E-state index in [9.17, 15) is 9.18 Å². The van der Waals surface area contributed by atoms with Crippen LogP contribution in [0, 0.1) is 5.82 Å². The Morgan fingerprint density at radius 3 is 2.57 bits per heavy atom. The van der Waals surface area contributed by atoms with E-state index in [1.54, 1.807) is 12.1 Å². The van der Waals surface area contributed by atoms with Gasteiger partial charge < -0.3 is 20.1 Å². The Kier molecular flexibility index (Phi) is 3.61. The summed E-state index contributed by atoms with van der Waals surface area (Å²) >= 11 is 0. The summed E-state index contributed by atoms with van der Waals surface area (Å²) in [6.07, 6.45) is 1.68. The molecular formula is C16H20FN3O3. The lowest BCUT2D eigenvalue weighted by molar-refractivity contribution is 0.0303. The molecule has 0 aromatic heterocycles. The van der Waals surface area contributed by atoms with Crippen LogP contribution in [-0.4, -0.2) is 50.6 Å². The Morgan fingerprint density at radius 2 is 1.96 bits per heavy atom. The monoisotopic (exact) mass is 321 g/mol. The maximum atomic E-state index is 14.6. The predicted octanol–water partition coefficient (Wildman–Crippen LogP) is 1.48. The summed E-state index contributed by atoms with van der Waals surface area (Å²) in [7, 11) is 0. The highest BCUT2D eigenvalue weighted by molar-refractivity contribution is 5.90. The van der Waals surface area contributed by atoms with E-state index in [4.69, 9.17) is 15.2 Å². The first-order valence-corrected chi connectivity index (χ1v) is 8.02. The first kappa shape index (κ1) is 14.7. The lowest BCUT2D eigenvalue weighted by Crippen LogP contribution is -2.43. The van der Waals surface area contributed by atoms with Crippen molar-refractivity contribution in [1.82, 2.24) is 0 Å². The Morgan fingerprint density at radius 1 is 1.22 bits per heavy atom. The molecule has 0 aliphatic carbocycles. The van der Waals surface area contributed by atoms with Gasteiger partial charge in [0.25, 0.3) is 0 Å². The van der Waals surface area contributed by atoms with Crippen LogP contribution in [0.25, 0.3) is 0 Å². The SMILES string of the molecule is NC[C@H]1CN(c2ccc(N3CC4CCC(C3)O4)c(F)c2)C(=O)O1. The van der Waals surface area contributed by atoms with Crippen LogP contribution >= 0.6 is 0 Å². The summed E-state index contributed by atoms with van der Waals surface area (Å²) < 4.78 is 25.5. The summed E-state index contributed by atoms with van der Waals surface area (Å²) in [5.74, 6) is -0.326. The minimum absolute atomic E-state index is 0.201. The van der Waals surface area contributed by atoms with Crippen LogP contribution in [0.3, 0.4) is 0 Å². The maximum absolute atomic E-state index is 14.6. The maximum Gasteiger partial charge on any atom is 0.414 e. The highest BCUT2D eigenvalue weighted by atomic mass is 19.1. The lowest BCUT2D eigenvalue weighted by atomic mass is 10.2. The Labute approximate surface area is 133 Å². The smallest absolute Gasteiger partial charge is 0.414 e. The zero-order valence-electron chi connectivity index (χ0n) is 12.8. The van der Waals surface area contributed by atoms with Gasteiger partial charge in [0.15, 0.2) is 0 Å². The number of cyclic esters (lactones) is 1. The first-order chi connectivity index (χ1) is 11.1. The van der Waals surface area contributed by atoms with Crippen LogP contribution in [0.5, 0.6) is 0 Å². The number of hydrogen-bond acceptors (Lipinski definition) is 5. The molecule has 1 aromatic carbocycles. The molecule has 124 valence electrons. The molecule has 0 radical (unpaired) electrons. The van der Waals surface area contributed by atoms with Crippen LogP contribution in [0.1, 0.15) is 12.8 Å². The summed E-state index contributed by atoms with van der Waals surface area (Å²) in [4.78, 5) is 15.3. The fourth-order valence-electron chi connectivity index (χ4n) is 3.59. The number of nitrogens with two attached hydrogens (primary N) is 1. The Bertz CT molecular complexity index is 615. The van der Waals surface area contributed by atoms with Crippen molar-refractivity contribution in [2.24, 2.45) is 5.73 Å². The third-order valence-electron chi connectivity index (χ3n) is 4.76. The molecule has 6 nitrogen and oxygen atoms in total. The third-order valence-corrected chi connectivity index (χ3v) is 4.76. The number of amides is 1. The molecule has 3 atom stereocenters. The highest BCUT2D eigenvalue weighted by Crippen LogP contribution is 2.33. The topological polar surface area (TPSA) is 68.0 Å². The van der Waals surface area contributed by atoms with Crippen molar-refractivity contribution in [2.45, 2.75) is 31.2 Å². The van der Waals surface area contributed by atoms with Crippen LogP contribution in [0.15, 0.2) is 18.2 Å². The number of carbonyl (C=O) groups excluding carboxylic acids is 1. The van der Waals surface area contributed by atoms with Gasteiger partial charge in [-0.1, -0.05) is 0 Å². The van der Waals surface area contributed by atoms with Gasteiger partial charge in [0.1, 0.15) is 11.9 Å². The van der Waals surface area contributed by atoms with Gasteiger partial charge in [-0.15, -0.1) is 0 Å². The molecule has 3 saturated heterocycles. The molecule has 0 saturated carbocycles. The number of morpholine rings is 1. The van der Waals surface area contributed by atoms with Gasteiger partial charge in [0.05, 0.1) is 30.1 Å². The van der Waals surface area contributed by atoms with E-state index in [0.29, 0.717) is 31.0 Å². The Balaban J connectivity index is 1.54. The van der Waals surface area contributed by atoms with Crippen molar-refractivity contribution in [3.63, 3.8) is 0 Å². The van der Waals surface area contributed by atoms with Gasteiger partial charge >= 0.3 is 6.09 Å². The summed E-state index contributed by atoms with van der Waals surface area (Å²) in [6, 6.07) is 4.89.